The summed E-state index contributed by atoms with van der Waals surface area (Å²) >= 11 is 1.70. The van der Waals surface area contributed by atoms with Crippen LogP contribution in [0.25, 0.3) is 0 Å². The smallest absolute Gasteiger partial charge is 0.0739 e. The average Bonchev–Trinajstić information content (AvgIpc) is 2.54. The Balaban J connectivity index is 2.65. The molecule has 0 heterocycles. The maximum absolute atomic E-state index is 8.96. The molecule has 2 aromatic rings. The van der Waals surface area contributed by atoms with Crippen molar-refractivity contribution < 1.29 is 10.4 Å². The molecule has 0 saturated carbocycles. The van der Waals surface area contributed by atoms with Crippen LogP contribution < -0.4 is 0 Å². The molecule has 5 heteroatoms. The molecule has 25 heavy (non-hydrogen) atoms. The Hall–Kier alpha value is -2.27. The van der Waals surface area contributed by atoms with Gasteiger partial charge in [0.05, 0.1) is 12.4 Å². The van der Waals surface area contributed by atoms with Crippen molar-refractivity contribution in [3.05, 3.63) is 56.6 Å². The summed E-state index contributed by atoms with van der Waals surface area (Å²) in [6.07, 6.45) is 2.99. The van der Waals surface area contributed by atoms with Crippen LogP contribution >= 0.6 is 11.8 Å². The van der Waals surface area contributed by atoms with Gasteiger partial charge in [0.25, 0.3) is 0 Å². The Morgan fingerprint density at radius 1 is 0.680 bits per heavy atom. The molecule has 0 aromatic heterocycles. The Bertz CT molecular complexity index is 799. The first kappa shape index (κ1) is 19.1. The van der Waals surface area contributed by atoms with Gasteiger partial charge in [-0.2, -0.15) is 0 Å². The van der Waals surface area contributed by atoms with E-state index in [1.807, 2.05) is 27.7 Å². The third kappa shape index (κ3) is 3.71. The molecular formula is C20H24N2O2S. The highest BCUT2D eigenvalue weighted by Crippen LogP contribution is 2.39. The minimum atomic E-state index is 0.940. The molecule has 0 bridgehead atoms. The van der Waals surface area contributed by atoms with Gasteiger partial charge in [-0.15, -0.1) is 0 Å². The lowest BCUT2D eigenvalue weighted by Crippen LogP contribution is -2.00. The second-order valence-corrected chi connectivity index (χ2v) is 7.37. The number of benzene rings is 2. The van der Waals surface area contributed by atoms with Gasteiger partial charge in [-0.05, 0) is 74.9 Å². The Labute approximate surface area is 153 Å². The fourth-order valence-electron chi connectivity index (χ4n) is 3.29. The van der Waals surface area contributed by atoms with E-state index < -0.39 is 0 Å². The summed E-state index contributed by atoms with van der Waals surface area (Å²) in [5.41, 5.74) is 8.61. The molecule has 0 saturated heterocycles. The van der Waals surface area contributed by atoms with Crippen LogP contribution in [-0.2, 0) is 0 Å². The van der Waals surface area contributed by atoms with Crippen molar-refractivity contribution >= 4 is 24.2 Å². The first-order valence-corrected chi connectivity index (χ1v) is 8.87. The lowest BCUT2D eigenvalue weighted by molar-refractivity contribution is 0.321. The van der Waals surface area contributed by atoms with Gasteiger partial charge in [0.2, 0.25) is 0 Å². The predicted molar refractivity (Wildman–Crippen MR) is 104 cm³/mol. The van der Waals surface area contributed by atoms with Crippen molar-refractivity contribution in [3.63, 3.8) is 0 Å². The Morgan fingerprint density at radius 3 is 1.36 bits per heavy atom. The molecule has 4 nitrogen and oxygen atoms in total. The molecule has 0 aliphatic heterocycles. The highest BCUT2D eigenvalue weighted by atomic mass is 32.2. The zero-order chi connectivity index (χ0) is 18.7. The molecule has 2 aromatic carbocycles. The number of aryl methyl sites for hydroxylation is 4. The summed E-state index contributed by atoms with van der Waals surface area (Å²) in [5.74, 6) is 0. The summed E-state index contributed by atoms with van der Waals surface area (Å²) in [5, 5.41) is 24.3. The zero-order valence-corrected chi connectivity index (χ0v) is 16.3. The van der Waals surface area contributed by atoms with Gasteiger partial charge in [0.15, 0.2) is 0 Å². The third-order valence-electron chi connectivity index (χ3n) is 4.50. The van der Waals surface area contributed by atoms with Crippen molar-refractivity contribution in [1.29, 1.82) is 0 Å². The highest BCUT2D eigenvalue weighted by Gasteiger charge is 2.16. The first-order valence-electron chi connectivity index (χ1n) is 8.06. The molecule has 0 unspecified atom stereocenters. The second kappa shape index (κ2) is 7.74. The van der Waals surface area contributed by atoms with Gasteiger partial charge in [0.1, 0.15) is 0 Å². The third-order valence-corrected chi connectivity index (χ3v) is 6.16. The number of rotatable bonds is 4. The molecule has 2 rings (SSSR count). The van der Waals surface area contributed by atoms with E-state index in [0.717, 1.165) is 43.2 Å². The van der Waals surface area contributed by atoms with E-state index in [1.54, 1.807) is 11.8 Å². The number of hydrogen-bond donors (Lipinski definition) is 2. The molecule has 0 fully saturated rings. The van der Waals surface area contributed by atoms with E-state index in [-0.39, 0.29) is 0 Å². The van der Waals surface area contributed by atoms with E-state index >= 15 is 0 Å². The number of nitrogens with zero attached hydrogens (tertiary/aromatic N) is 2. The van der Waals surface area contributed by atoms with E-state index in [1.165, 1.54) is 23.6 Å². The van der Waals surface area contributed by atoms with Crippen LogP contribution in [0.4, 0.5) is 0 Å². The summed E-state index contributed by atoms with van der Waals surface area (Å²) in [7, 11) is 0. The Kier molecular flexibility index (Phi) is 5.90. The van der Waals surface area contributed by atoms with E-state index in [9.17, 15) is 0 Å². The number of hydrogen-bond acceptors (Lipinski definition) is 5. The molecule has 0 amide bonds. The maximum atomic E-state index is 8.96. The van der Waals surface area contributed by atoms with Gasteiger partial charge < -0.3 is 10.4 Å². The standard InChI is InChI=1S/C20H24N2O2S/c1-11-7-13(3)19(15(5)17(11)9-21-23)25-20-14(4)8-12(2)18(10-22-24)16(20)6/h7-10,23-24H,1-6H3/b21-9-,22-10?. The van der Waals surface area contributed by atoms with Crippen LogP contribution in [0.15, 0.2) is 32.2 Å². The summed E-state index contributed by atoms with van der Waals surface area (Å²) in [6.45, 7) is 12.3. The van der Waals surface area contributed by atoms with E-state index in [2.05, 4.69) is 36.3 Å². The summed E-state index contributed by atoms with van der Waals surface area (Å²) in [6, 6.07) is 4.22. The van der Waals surface area contributed by atoms with Gasteiger partial charge in [-0.25, -0.2) is 0 Å². The van der Waals surface area contributed by atoms with Gasteiger partial charge >= 0.3 is 0 Å². The molecule has 2 N–H and O–H groups in total. The molecule has 132 valence electrons. The van der Waals surface area contributed by atoms with Crippen LogP contribution in [0, 0.1) is 41.5 Å². The zero-order valence-electron chi connectivity index (χ0n) is 15.5. The minimum Gasteiger partial charge on any atom is -0.411 e. The van der Waals surface area contributed by atoms with Crippen LogP contribution in [0.5, 0.6) is 0 Å². The predicted octanol–water partition coefficient (Wildman–Crippen LogP) is 5.30. The van der Waals surface area contributed by atoms with Crippen molar-refractivity contribution in [1.82, 2.24) is 0 Å². The molecule has 0 atom stereocenters. The summed E-state index contributed by atoms with van der Waals surface area (Å²) < 4.78 is 0. The number of oxime groups is 2. The van der Waals surface area contributed by atoms with Crippen molar-refractivity contribution in [2.75, 3.05) is 0 Å². The molecule has 0 spiro atoms. The normalized spacial score (nSPS) is 11.8. The van der Waals surface area contributed by atoms with Gasteiger partial charge in [-0.3, -0.25) is 0 Å². The monoisotopic (exact) mass is 356 g/mol. The SMILES string of the molecule is Cc1cc(C)c(Sc2c(C)cc(C)c(/C=N\O)c2C)c(C)c1C=NO. The largest absolute Gasteiger partial charge is 0.411 e. The van der Waals surface area contributed by atoms with Crippen LogP contribution in [-0.4, -0.2) is 22.8 Å². The summed E-state index contributed by atoms with van der Waals surface area (Å²) in [4.78, 5) is 2.31. The lowest BCUT2D eigenvalue weighted by Gasteiger charge is -2.18. The van der Waals surface area contributed by atoms with Gasteiger partial charge in [-0.1, -0.05) is 34.2 Å². The topological polar surface area (TPSA) is 65.2 Å². The van der Waals surface area contributed by atoms with Crippen molar-refractivity contribution in [2.45, 2.75) is 51.3 Å². The fraction of sp³-hybridized carbons (Fsp3) is 0.300. The lowest BCUT2D eigenvalue weighted by atomic mass is 10.0. The molecule has 0 aliphatic carbocycles. The molecule has 0 aliphatic rings. The van der Waals surface area contributed by atoms with Crippen LogP contribution in [0.2, 0.25) is 0 Å². The average molecular weight is 356 g/mol. The van der Waals surface area contributed by atoms with Crippen molar-refractivity contribution in [2.24, 2.45) is 10.3 Å². The van der Waals surface area contributed by atoms with Crippen LogP contribution in [0.3, 0.4) is 0 Å². The fourth-order valence-corrected chi connectivity index (χ4v) is 4.46. The van der Waals surface area contributed by atoms with Gasteiger partial charge in [0, 0.05) is 20.9 Å². The first-order chi connectivity index (χ1) is 11.8. The minimum absolute atomic E-state index is 0.940. The highest BCUT2D eigenvalue weighted by molar-refractivity contribution is 7.99. The maximum Gasteiger partial charge on any atom is 0.0739 e. The quantitative estimate of drug-likeness (QED) is 0.443. The molecule has 0 radical (unpaired) electrons. The Morgan fingerprint density at radius 2 is 1.04 bits per heavy atom. The van der Waals surface area contributed by atoms with Crippen molar-refractivity contribution in [3.8, 4) is 0 Å². The second-order valence-electron chi connectivity index (χ2n) is 6.35. The van der Waals surface area contributed by atoms with Crippen LogP contribution in [0.1, 0.15) is 44.5 Å². The van der Waals surface area contributed by atoms with E-state index in [0.29, 0.717) is 0 Å². The molecular weight excluding hydrogens is 332 g/mol. The van der Waals surface area contributed by atoms with E-state index in [4.69, 9.17) is 10.4 Å².